The minimum absolute atomic E-state index is 0.174. The monoisotopic (exact) mass is 435 g/mol. The van der Waals surface area contributed by atoms with E-state index in [1.165, 1.54) is 0 Å². The fourth-order valence-electron chi connectivity index (χ4n) is 3.82. The number of morpholine rings is 1. The smallest absolute Gasteiger partial charge is 0.224 e. The molecule has 0 saturated carbocycles. The standard InChI is InChI=1S/C24H29N5O3/c1-15-11-17(21(30)14-25)3-5-19(15)20-6-4-18(26)12-22(20)32-24-13-23(27-16(2)28-24)29-7-9-31-10-8-29/h3-6,11-13,21,30H,7-10,14,25-26H2,1-2H3. The van der Waals surface area contributed by atoms with Gasteiger partial charge in [0.1, 0.15) is 17.4 Å². The number of aryl methyl sites for hydroxylation is 2. The molecule has 1 aliphatic rings. The Morgan fingerprint density at radius 3 is 2.53 bits per heavy atom. The van der Waals surface area contributed by atoms with Gasteiger partial charge in [-0.1, -0.05) is 18.2 Å². The van der Waals surface area contributed by atoms with Crippen molar-refractivity contribution in [2.75, 3.05) is 43.5 Å². The Balaban J connectivity index is 1.69. The summed E-state index contributed by atoms with van der Waals surface area (Å²) in [5, 5.41) is 10.1. The normalized spacial score (nSPS) is 14.9. The summed E-state index contributed by atoms with van der Waals surface area (Å²) in [4.78, 5) is 11.2. The van der Waals surface area contributed by atoms with Crippen LogP contribution in [0.1, 0.15) is 23.1 Å². The quantitative estimate of drug-likeness (QED) is 0.506. The van der Waals surface area contributed by atoms with Crippen LogP contribution in [-0.4, -0.2) is 47.9 Å². The molecular weight excluding hydrogens is 406 g/mol. The van der Waals surface area contributed by atoms with Gasteiger partial charge in [0.05, 0.1) is 19.3 Å². The molecule has 0 radical (unpaired) electrons. The van der Waals surface area contributed by atoms with E-state index in [1.807, 2.05) is 50.2 Å². The number of hydrogen-bond acceptors (Lipinski definition) is 8. The molecule has 168 valence electrons. The summed E-state index contributed by atoms with van der Waals surface area (Å²) < 4.78 is 11.7. The van der Waals surface area contributed by atoms with Gasteiger partial charge in [0.2, 0.25) is 5.88 Å². The van der Waals surface area contributed by atoms with Gasteiger partial charge in [-0.3, -0.25) is 0 Å². The average Bonchev–Trinajstić information content (AvgIpc) is 2.79. The summed E-state index contributed by atoms with van der Waals surface area (Å²) in [5.74, 6) is 2.51. The minimum Gasteiger partial charge on any atom is -0.438 e. The number of anilines is 2. The van der Waals surface area contributed by atoms with E-state index in [0.717, 1.165) is 41.2 Å². The number of aliphatic hydroxyl groups is 1. The lowest BCUT2D eigenvalue weighted by Crippen LogP contribution is -2.36. The molecule has 0 aliphatic carbocycles. The summed E-state index contributed by atoms with van der Waals surface area (Å²) in [6.07, 6.45) is -0.688. The molecule has 4 rings (SSSR count). The van der Waals surface area contributed by atoms with Crippen LogP contribution in [0.3, 0.4) is 0 Å². The number of nitrogens with zero attached hydrogens (tertiary/aromatic N) is 3. The first kappa shape index (κ1) is 22.0. The fourth-order valence-corrected chi connectivity index (χ4v) is 3.82. The maximum Gasteiger partial charge on any atom is 0.224 e. The second-order valence-electron chi connectivity index (χ2n) is 7.89. The highest BCUT2D eigenvalue weighted by Gasteiger charge is 2.17. The third-order valence-corrected chi connectivity index (χ3v) is 5.50. The van der Waals surface area contributed by atoms with E-state index in [-0.39, 0.29) is 6.54 Å². The molecule has 5 N–H and O–H groups in total. The van der Waals surface area contributed by atoms with Crippen LogP contribution in [0.15, 0.2) is 42.5 Å². The molecule has 2 heterocycles. The van der Waals surface area contributed by atoms with Crippen LogP contribution < -0.4 is 21.1 Å². The minimum atomic E-state index is -0.688. The van der Waals surface area contributed by atoms with Crippen molar-refractivity contribution >= 4 is 11.5 Å². The molecule has 3 aromatic rings. The van der Waals surface area contributed by atoms with E-state index >= 15 is 0 Å². The largest absolute Gasteiger partial charge is 0.438 e. The Labute approximate surface area is 187 Å². The van der Waals surface area contributed by atoms with Crippen molar-refractivity contribution in [3.8, 4) is 22.8 Å². The molecule has 1 unspecified atom stereocenters. The van der Waals surface area contributed by atoms with Crippen LogP contribution in [0.2, 0.25) is 0 Å². The predicted molar refractivity (Wildman–Crippen MR) is 125 cm³/mol. The molecule has 0 bridgehead atoms. The number of ether oxygens (including phenoxy) is 2. The number of nitrogens with two attached hydrogens (primary N) is 2. The Bertz CT molecular complexity index is 1100. The first-order chi connectivity index (χ1) is 15.4. The second kappa shape index (κ2) is 9.52. The molecule has 8 heteroatoms. The molecular formula is C24H29N5O3. The Hall–Kier alpha value is -3.20. The molecule has 1 aromatic heterocycles. The molecule has 0 amide bonds. The molecule has 1 atom stereocenters. The summed E-state index contributed by atoms with van der Waals surface area (Å²) >= 11 is 0. The van der Waals surface area contributed by atoms with Crippen LogP contribution >= 0.6 is 0 Å². The maximum absolute atomic E-state index is 10.1. The molecule has 2 aromatic carbocycles. The Morgan fingerprint density at radius 1 is 1.06 bits per heavy atom. The van der Waals surface area contributed by atoms with Crippen molar-refractivity contribution in [3.63, 3.8) is 0 Å². The lowest BCUT2D eigenvalue weighted by atomic mass is 9.96. The van der Waals surface area contributed by atoms with E-state index < -0.39 is 6.10 Å². The van der Waals surface area contributed by atoms with E-state index in [4.69, 9.17) is 20.9 Å². The third-order valence-electron chi connectivity index (χ3n) is 5.50. The Kier molecular flexibility index (Phi) is 6.55. The highest BCUT2D eigenvalue weighted by molar-refractivity contribution is 5.76. The van der Waals surface area contributed by atoms with Gasteiger partial charge in [0.15, 0.2) is 0 Å². The summed E-state index contributed by atoms with van der Waals surface area (Å²) in [6, 6.07) is 13.2. The molecule has 1 aliphatic heterocycles. The summed E-state index contributed by atoms with van der Waals surface area (Å²) in [6.45, 7) is 6.92. The van der Waals surface area contributed by atoms with Crippen LogP contribution in [0.4, 0.5) is 11.5 Å². The average molecular weight is 436 g/mol. The van der Waals surface area contributed by atoms with Crippen molar-refractivity contribution in [2.24, 2.45) is 5.73 Å². The third kappa shape index (κ3) is 4.83. The number of rotatable bonds is 6. The zero-order chi connectivity index (χ0) is 22.7. The molecule has 1 fully saturated rings. The number of aliphatic hydroxyl groups excluding tert-OH is 1. The first-order valence-corrected chi connectivity index (χ1v) is 10.7. The van der Waals surface area contributed by atoms with Crippen LogP contribution in [0, 0.1) is 13.8 Å². The van der Waals surface area contributed by atoms with Crippen molar-refractivity contribution in [3.05, 3.63) is 59.4 Å². The lowest BCUT2D eigenvalue weighted by molar-refractivity contribution is 0.122. The predicted octanol–water partition coefficient (Wildman–Crippen LogP) is 2.96. The zero-order valence-corrected chi connectivity index (χ0v) is 18.4. The SMILES string of the molecule is Cc1nc(Oc2cc(N)ccc2-c2ccc(C(O)CN)cc2C)cc(N2CCOCC2)n1. The molecule has 1 saturated heterocycles. The highest BCUT2D eigenvalue weighted by Crippen LogP contribution is 2.37. The summed E-state index contributed by atoms with van der Waals surface area (Å²) in [7, 11) is 0. The second-order valence-corrected chi connectivity index (χ2v) is 7.89. The molecule has 32 heavy (non-hydrogen) atoms. The Morgan fingerprint density at radius 2 is 1.81 bits per heavy atom. The van der Waals surface area contributed by atoms with Gasteiger partial charge >= 0.3 is 0 Å². The topological polar surface area (TPSA) is 120 Å². The maximum atomic E-state index is 10.1. The lowest BCUT2D eigenvalue weighted by Gasteiger charge is -2.28. The van der Waals surface area contributed by atoms with E-state index in [1.54, 1.807) is 6.07 Å². The summed E-state index contributed by atoms with van der Waals surface area (Å²) in [5.41, 5.74) is 15.9. The van der Waals surface area contributed by atoms with Crippen molar-refractivity contribution in [2.45, 2.75) is 20.0 Å². The van der Waals surface area contributed by atoms with Crippen LogP contribution in [0.25, 0.3) is 11.1 Å². The van der Waals surface area contributed by atoms with Gasteiger partial charge in [-0.15, -0.1) is 0 Å². The van der Waals surface area contributed by atoms with Crippen LogP contribution in [-0.2, 0) is 4.74 Å². The zero-order valence-electron chi connectivity index (χ0n) is 18.4. The van der Waals surface area contributed by atoms with E-state index in [2.05, 4.69) is 14.9 Å². The number of hydrogen-bond donors (Lipinski definition) is 3. The molecule has 8 nitrogen and oxygen atoms in total. The van der Waals surface area contributed by atoms with E-state index in [0.29, 0.717) is 36.4 Å². The van der Waals surface area contributed by atoms with Crippen molar-refractivity contribution in [1.82, 2.24) is 9.97 Å². The van der Waals surface area contributed by atoms with Gasteiger partial charge in [-0.2, -0.15) is 4.98 Å². The number of benzene rings is 2. The van der Waals surface area contributed by atoms with Crippen LogP contribution in [0.5, 0.6) is 11.6 Å². The fraction of sp³-hybridized carbons (Fsp3) is 0.333. The number of aromatic nitrogens is 2. The van der Waals surface area contributed by atoms with E-state index in [9.17, 15) is 5.11 Å². The van der Waals surface area contributed by atoms with Crippen molar-refractivity contribution < 1.29 is 14.6 Å². The van der Waals surface area contributed by atoms with Crippen molar-refractivity contribution in [1.29, 1.82) is 0 Å². The van der Waals surface area contributed by atoms with Gasteiger partial charge in [-0.25, -0.2) is 4.98 Å². The van der Waals surface area contributed by atoms with Gasteiger partial charge in [-0.05, 0) is 42.7 Å². The van der Waals surface area contributed by atoms with Gasteiger partial charge < -0.3 is 30.9 Å². The first-order valence-electron chi connectivity index (χ1n) is 10.7. The van der Waals surface area contributed by atoms with Gasteiger partial charge in [0, 0.05) is 43.0 Å². The molecule has 0 spiro atoms. The number of nitrogen functional groups attached to an aromatic ring is 1. The van der Waals surface area contributed by atoms with Gasteiger partial charge in [0.25, 0.3) is 0 Å². The highest BCUT2D eigenvalue weighted by atomic mass is 16.5.